The molecule has 2 radical (unpaired) electrons. The van der Waals surface area contributed by atoms with Crippen molar-refractivity contribution in [2.75, 3.05) is 6.61 Å². The Balaban J connectivity index is -0.000000249. The van der Waals surface area contributed by atoms with Crippen molar-refractivity contribution in [2.45, 2.75) is 41.5 Å². The number of carbonyl (C=O) groups is 4. The Bertz CT molecular complexity index is 308. The first-order valence-corrected chi connectivity index (χ1v) is 7.13. The Kier molecular flexibility index (Phi) is 17.2. The minimum atomic E-state index is -1.06. The van der Waals surface area contributed by atoms with Crippen molar-refractivity contribution < 1.29 is 33.2 Å². The van der Waals surface area contributed by atoms with Crippen LogP contribution in [0.4, 0.5) is 0 Å². The van der Waals surface area contributed by atoms with Gasteiger partial charge in [0.15, 0.2) is 0 Å². The molecule has 0 fully saturated rings. The summed E-state index contributed by atoms with van der Waals surface area (Å²) in [7, 11) is 0. The van der Waals surface area contributed by atoms with E-state index < -0.39 is 23.8 Å². The predicted molar refractivity (Wildman–Crippen MR) is 81.5 cm³/mol. The lowest BCUT2D eigenvalue weighted by Gasteiger charge is -2.00. The molecule has 0 aromatic heterocycles. The van der Waals surface area contributed by atoms with Gasteiger partial charge in [0.1, 0.15) is 23.4 Å². The van der Waals surface area contributed by atoms with Crippen LogP contribution in [0, 0.1) is 17.8 Å². The first-order valence-electron chi connectivity index (χ1n) is 6.66. The third kappa shape index (κ3) is 18.8. The minimum Gasteiger partial charge on any atom is -0.516 e. The molecule has 0 spiro atoms. The number of carboxylic acid groups (broad SMARTS) is 2. The van der Waals surface area contributed by atoms with Crippen molar-refractivity contribution in [2.24, 2.45) is 17.8 Å². The molecule has 8 heteroatoms. The summed E-state index contributed by atoms with van der Waals surface area (Å²) in [5.41, 5.74) is 0. The number of carboxylic acids is 2. The van der Waals surface area contributed by atoms with Gasteiger partial charge in [0.25, 0.3) is 0 Å². The maximum absolute atomic E-state index is 10.2. The summed E-state index contributed by atoms with van der Waals surface area (Å²) in [6.07, 6.45) is 0. The molecular weight excluding hydrogens is 307 g/mol. The van der Waals surface area contributed by atoms with Gasteiger partial charge in [-0.25, -0.2) is 0 Å². The third-order valence-corrected chi connectivity index (χ3v) is 2.58. The van der Waals surface area contributed by atoms with Crippen LogP contribution in [0.5, 0.6) is 0 Å². The monoisotopic (exact) mass is 332 g/mol. The molecule has 0 aromatic carbocycles. The zero-order valence-corrected chi connectivity index (χ0v) is 15.1. The molecule has 0 saturated heterocycles. The number of rotatable bonds is 6. The molecule has 126 valence electrons. The van der Waals surface area contributed by atoms with Crippen LogP contribution < -0.4 is 0 Å². The van der Waals surface area contributed by atoms with Crippen molar-refractivity contribution in [1.29, 1.82) is 0 Å². The molecule has 0 aromatic rings. The summed E-state index contributed by atoms with van der Waals surface area (Å²) >= 11 is 2.22. The molecule has 0 bridgehead atoms. The van der Waals surface area contributed by atoms with Crippen molar-refractivity contribution in [3.63, 3.8) is 0 Å². The Labute approximate surface area is 139 Å². The quantitative estimate of drug-likeness (QED) is 0.556. The largest absolute Gasteiger partial charge is 0.516 e. The van der Waals surface area contributed by atoms with E-state index >= 15 is 0 Å². The third-order valence-electron chi connectivity index (χ3n) is 2.39. The van der Waals surface area contributed by atoms with Gasteiger partial charge in [0, 0.05) is 6.61 Å². The van der Waals surface area contributed by atoms with Crippen LogP contribution in [-0.2, 0) is 23.0 Å². The molecular formula is C14H25AlO7. The Hall–Kier alpha value is -1.23. The molecule has 0 aliphatic carbocycles. The first-order chi connectivity index (χ1) is 9.88. The lowest BCUT2D eigenvalue weighted by atomic mass is 10.1. The van der Waals surface area contributed by atoms with E-state index in [1.807, 2.05) is 0 Å². The van der Waals surface area contributed by atoms with Gasteiger partial charge < -0.3 is 14.0 Å². The average molecular weight is 332 g/mol. The maximum Gasteiger partial charge on any atom is 0.369 e. The van der Waals surface area contributed by atoms with E-state index in [1.54, 1.807) is 0 Å². The molecule has 2 N–H and O–H groups in total. The summed E-state index contributed by atoms with van der Waals surface area (Å²) in [5, 5.41) is 16.3. The summed E-state index contributed by atoms with van der Waals surface area (Å²) in [6, 6.07) is 0. The van der Waals surface area contributed by atoms with E-state index in [-0.39, 0.29) is 11.6 Å². The van der Waals surface area contributed by atoms with Crippen molar-refractivity contribution in [1.82, 2.24) is 0 Å². The fraction of sp³-hybridized carbons (Fsp3) is 0.714. The fourth-order valence-corrected chi connectivity index (χ4v) is 0.925. The standard InChI is InChI=1S/2C5H8O3.C4H9O.Al/c2*1-3(4(2)6)5(7)8;1-4(2)3-5;/h2*3H,1-2H3,(H,7,8);4H,3H2,1-2H3;/q;;-1;+1. The van der Waals surface area contributed by atoms with Gasteiger partial charge in [0.2, 0.25) is 0 Å². The Morgan fingerprint density at radius 3 is 1.14 bits per heavy atom. The second kappa shape index (κ2) is 14.7. The van der Waals surface area contributed by atoms with Crippen LogP contribution >= 0.6 is 0 Å². The fourth-order valence-electron chi connectivity index (χ4n) is 0.540. The van der Waals surface area contributed by atoms with Gasteiger partial charge in [-0.05, 0) is 33.6 Å². The number of aliphatic carboxylic acids is 2. The van der Waals surface area contributed by atoms with Gasteiger partial charge in [-0.1, -0.05) is 13.8 Å². The zero-order chi connectivity index (χ0) is 18.5. The topological polar surface area (TPSA) is 118 Å². The Morgan fingerprint density at radius 2 is 1.14 bits per heavy atom. The molecule has 0 rings (SSSR count). The summed E-state index contributed by atoms with van der Waals surface area (Å²) in [5.74, 6) is -3.78. The Morgan fingerprint density at radius 1 is 0.864 bits per heavy atom. The maximum atomic E-state index is 10.2. The normalized spacial score (nSPS) is 12.0. The number of Topliss-reactive ketones (excluding diaryl/α,β-unsaturated/α-hetero) is 2. The molecule has 0 amide bonds. The average Bonchev–Trinajstić information content (AvgIpc) is 2.37. The van der Waals surface area contributed by atoms with E-state index in [1.165, 1.54) is 27.7 Å². The number of ketones is 2. The zero-order valence-electron chi connectivity index (χ0n) is 14.0. The van der Waals surface area contributed by atoms with E-state index in [4.69, 9.17) is 14.0 Å². The van der Waals surface area contributed by atoms with Crippen molar-refractivity contribution in [3.05, 3.63) is 0 Å². The number of hydrogen-bond donors (Lipinski definition) is 2. The van der Waals surface area contributed by atoms with Crippen molar-refractivity contribution in [3.8, 4) is 0 Å². The van der Waals surface area contributed by atoms with Crippen molar-refractivity contribution >= 4 is 40.1 Å². The lowest BCUT2D eigenvalue weighted by molar-refractivity contribution is -0.146. The second-order valence-corrected chi connectivity index (χ2v) is 5.40. The van der Waals surface area contributed by atoms with Gasteiger partial charge in [-0.15, -0.1) is 0 Å². The highest BCUT2D eigenvalue weighted by atomic mass is 27.1. The van der Waals surface area contributed by atoms with Gasteiger partial charge in [-0.2, -0.15) is 0 Å². The summed E-state index contributed by atoms with van der Waals surface area (Å²) in [4.78, 5) is 40.2. The van der Waals surface area contributed by atoms with E-state index in [9.17, 15) is 19.2 Å². The van der Waals surface area contributed by atoms with Gasteiger partial charge in [0.05, 0.1) is 0 Å². The van der Waals surface area contributed by atoms with Crippen LogP contribution in [0.15, 0.2) is 0 Å². The number of hydrogen-bond acceptors (Lipinski definition) is 5. The first kappa shape index (κ1) is 25.7. The van der Waals surface area contributed by atoms with E-state index in [0.29, 0.717) is 5.92 Å². The van der Waals surface area contributed by atoms with Crippen LogP contribution in [0.2, 0.25) is 0 Å². The molecule has 7 nitrogen and oxygen atoms in total. The van der Waals surface area contributed by atoms with Crippen LogP contribution in [0.25, 0.3) is 0 Å². The van der Waals surface area contributed by atoms with Crippen LogP contribution in [0.1, 0.15) is 41.5 Å². The van der Waals surface area contributed by atoms with Crippen LogP contribution in [0.3, 0.4) is 0 Å². The molecule has 22 heavy (non-hydrogen) atoms. The SMILES string of the molecule is CC(=O)C(C)C(=O)O.CC(=O)C(C)C(=O)O.CC(C)C[O][Al]. The van der Waals surface area contributed by atoms with Crippen LogP contribution in [-0.4, -0.2) is 56.9 Å². The molecule has 0 aliphatic heterocycles. The molecule has 0 saturated carbocycles. The smallest absolute Gasteiger partial charge is 0.369 e. The van der Waals surface area contributed by atoms with E-state index in [2.05, 4.69) is 30.5 Å². The summed E-state index contributed by atoms with van der Waals surface area (Å²) < 4.78 is 4.72. The molecule has 2 atom stereocenters. The second-order valence-electron chi connectivity index (χ2n) is 5.07. The molecule has 0 aliphatic rings. The lowest BCUT2D eigenvalue weighted by Crippen LogP contribution is -2.16. The highest BCUT2D eigenvalue weighted by Crippen LogP contribution is 1.94. The summed E-state index contributed by atoms with van der Waals surface area (Å²) in [6.45, 7) is 10.3. The molecule has 2 unspecified atom stereocenters. The highest BCUT2D eigenvalue weighted by Gasteiger charge is 2.15. The van der Waals surface area contributed by atoms with Gasteiger partial charge in [-0.3, -0.25) is 19.2 Å². The molecule has 0 heterocycles. The number of carbonyl (C=O) groups excluding carboxylic acids is 2. The predicted octanol–water partition coefficient (Wildman–Crippen LogP) is 1.33. The van der Waals surface area contributed by atoms with Gasteiger partial charge >= 0.3 is 28.6 Å². The highest BCUT2D eigenvalue weighted by molar-refractivity contribution is 5.98. The van der Waals surface area contributed by atoms with E-state index in [0.717, 1.165) is 6.61 Å². The minimum absolute atomic E-state index is 0.308.